The first kappa shape index (κ1) is 11.7. The predicted molar refractivity (Wildman–Crippen MR) is 56.4 cm³/mol. The molecule has 0 saturated carbocycles. The van der Waals surface area contributed by atoms with E-state index in [4.69, 9.17) is 5.11 Å². The van der Waals surface area contributed by atoms with Crippen molar-refractivity contribution in [3.8, 4) is 0 Å². The molecule has 0 radical (unpaired) electrons. The molecule has 1 unspecified atom stereocenters. The van der Waals surface area contributed by atoms with Crippen LogP contribution in [0.1, 0.15) is 23.6 Å². The second-order valence-electron chi connectivity index (χ2n) is 3.91. The van der Waals surface area contributed by atoms with E-state index in [1.165, 1.54) is 6.07 Å². The highest BCUT2D eigenvalue weighted by atomic mass is 19.1. The minimum atomic E-state index is -0.849. The average molecular weight is 210 g/mol. The summed E-state index contributed by atoms with van der Waals surface area (Å²) >= 11 is 0. The van der Waals surface area contributed by atoms with Gasteiger partial charge in [0.05, 0.1) is 5.92 Å². The van der Waals surface area contributed by atoms with E-state index in [2.05, 4.69) is 0 Å². The Balaban J connectivity index is 3.03. The number of hydrogen-bond donors (Lipinski definition) is 1. The van der Waals surface area contributed by atoms with Gasteiger partial charge in [-0.3, -0.25) is 4.79 Å². The second kappa shape index (κ2) is 4.43. The number of rotatable bonds is 3. The van der Waals surface area contributed by atoms with Crippen molar-refractivity contribution in [2.75, 3.05) is 0 Å². The second-order valence-corrected chi connectivity index (χ2v) is 3.91. The van der Waals surface area contributed by atoms with E-state index in [1.54, 1.807) is 19.9 Å². The van der Waals surface area contributed by atoms with Gasteiger partial charge in [-0.2, -0.15) is 0 Å². The molecule has 1 N–H and O–H groups in total. The Hall–Kier alpha value is -1.38. The molecular weight excluding hydrogens is 195 g/mol. The highest BCUT2D eigenvalue weighted by Gasteiger charge is 2.15. The van der Waals surface area contributed by atoms with Crippen molar-refractivity contribution in [1.82, 2.24) is 0 Å². The Kier molecular flexibility index (Phi) is 3.45. The Morgan fingerprint density at radius 3 is 2.60 bits per heavy atom. The molecular formula is C12H15FO2. The van der Waals surface area contributed by atoms with Gasteiger partial charge in [-0.1, -0.05) is 13.0 Å². The van der Waals surface area contributed by atoms with Crippen LogP contribution >= 0.6 is 0 Å². The first-order valence-electron chi connectivity index (χ1n) is 4.91. The van der Waals surface area contributed by atoms with Crippen molar-refractivity contribution < 1.29 is 14.3 Å². The van der Waals surface area contributed by atoms with Crippen molar-refractivity contribution in [2.45, 2.75) is 27.2 Å². The van der Waals surface area contributed by atoms with Crippen LogP contribution in [0, 0.1) is 25.6 Å². The molecule has 0 spiro atoms. The SMILES string of the molecule is Cc1ccc(F)c(C)c1CC(C)C(=O)O. The van der Waals surface area contributed by atoms with Gasteiger partial charge in [-0.15, -0.1) is 0 Å². The van der Waals surface area contributed by atoms with E-state index in [-0.39, 0.29) is 5.82 Å². The number of carboxylic acids is 1. The minimum Gasteiger partial charge on any atom is -0.481 e. The topological polar surface area (TPSA) is 37.3 Å². The zero-order valence-corrected chi connectivity index (χ0v) is 9.17. The van der Waals surface area contributed by atoms with Crippen LogP contribution in [0.3, 0.4) is 0 Å². The lowest BCUT2D eigenvalue weighted by Gasteiger charge is -2.12. The summed E-state index contributed by atoms with van der Waals surface area (Å²) in [7, 11) is 0. The van der Waals surface area contributed by atoms with Gasteiger partial charge in [-0.25, -0.2) is 4.39 Å². The zero-order valence-electron chi connectivity index (χ0n) is 9.17. The molecule has 0 bridgehead atoms. The Morgan fingerprint density at radius 2 is 2.07 bits per heavy atom. The zero-order chi connectivity index (χ0) is 11.6. The van der Waals surface area contributed by atoms with Crippen LogP contribution in [0.25, 0.3) is 0 Å². The number of aliphatic carboxylic acids is 1. The van der Waals surface area contributed by atoms with E-state index >= 15 is 0 Å². The van der Waals surface area contributed by atoms with E-state index in [9.17, 15) is 9.18 Å². The monoisotopic (exact) mass is 210 g/mol. The molecule has 0 aromatic heterocycles. The van der Waals surface area contributed by atoms with Crippen LogP contribution in [-0.4, -0.2) is 11.1 Å². The molecule has 1 aromatic carbocycles. The third kappa shape index (κ3) is 2.55. The van der Waals surface area contributed by atoms with Crippen molar-refractivity contribution in [1.29, 1.82) is 0 Å². The summed E-state index contributed by atoms with van der Waals surface area (Å²) < 4.78 is 13.3. The van der Waals surface area contributed by atoms with E-state index in [0.717, 1.165) is 11.1 Å². The molecule has 82 valence electrons. The largest absolute Gasteiger partial charge is 0.481 e. The highest BCUT2D eigenvalue weighted by molar-refractivity contribution is 5.70. The first-order chi connectivity index (χ1) is 6.93. The molecule has 0 heterocycles. The molecule has 0 aliphatic carbocycles. The molecule has 0 fully saturated rings. The molecule has 0 aliphatic rings. The van der Waals surface area contributed by atoms with Crippen molar-refractivity contribution >= 4 is 5.97 Å². The van der Waals surface area contributed by atoms with Gasteiger partial charge in [0, 0.05) is 0 Å². The fourth-order valence-corrected chi connectivity index (χ4v) is 1.57. The number of carbonyl (C=O) groups is 1. The van der Waals surface area contributed by atoms with Gasteiger partial charge >= 0.3 is 5.97 Å². The molecule has 0 amide bonds. The molecule has 0 saturated heterocycles. The number of carboxylic acid groups (broad SMARTS) is 1. The third-order valence-electron chi connectivity index (χ3n) is 2.70. The maximum Gasteiger partial charge on any atom is 0.306 e. The van der Waals surface area contributed by atoms with Gasteiger partial charge in [0.1, 0.15) is 5.82 Å². The van der Waals surface area contributed by atoms with E-state index in [1.807, 2.05) is 6.92 Å². The highest BCUT2D eigenvalue weighted by Crippen LogP contribution is 2.20. The molecule has 1 rings (SSSR count). The van der Waals surface area contributed by atoms with E-state index < -0.39 is 11.9 Å². The van der Waals surface area contributed by atoms with Gasteiger partial charge in [0.15, 0.2) is 0 Å². The predicted octanol–water partition coefficient (Wildman–Crippen LogP) is 2.71. The molecule has 2 nitrogen and oxygen atoms in total. The Bertz CT molecular complexity index is 385. The fraction of sp³-hybridized carbons (Fsp3) is 0.417. The lowest BCUT2D eigenvalue weighted by Crippen LogP contribution is -2.14. The lowest BCUT2D eigenvalue weighted by molar-refractivity contribution is -0.141. The number of benzene rings is 1. The summed E-state index contributed by atoms with van der Waals surface area (Å²) in [6, 6.07) is 3.10. The number of hydrogen-bond acceptors (Lipinski definition) is 1. The first-order valence-corrected chi connectivity index (χ1v) is 4.91. The molecule has 1 atom stereocenters. The number of aryl methyl sites for hydroxylation is 1. The van der Waals surface area contributed by atoms with Crippen LogP contribution in [0.2, 0.25) is 0 Å². The summed E-state index contributed by atoms with van der Waals surface area (Å²) in [6.07, 6.45) is 0.380. The van der Waals surface area contributed by atoms with Crippen molar-refractivity contribution in [2.24, 2.45) is 5.92 Å². The van der Waals surface area contributed by atoms with Crippen LogP contribution < -0.4 is 0 Å². The fourth-order valence-electron chi connectivity index (χ4n) is 1.57. The maximum atomic E-state index is 13.3. The number of halogens is 1. The molecule has 1 aromatic rings. The standard InChI is InChI=1S/C12H15FO2/c1-7-4-5-11(13)9(3)10(7)6-8(2)12(14)15/h4-5,8H,6H2,1-3H3,(H,14,15). The quantitative estimate of drug-likeness (QED) is 0.832. The van der Waals surface area contributed by atoms with Gasteiger partial charge < -0.3 is 5.11 Å². The third-order valence-corrected chi connectivity index (χ3v) is 2.70. The summed E-state index contributed by atoms with van der Waals surface area (Å²) in [5.74, 6) is -1.60. The summed E-state index contributed by atoms with van der Waals surface area (Å²) in [4.78, 5) is 10.7. The van der Waals surface area contributed by atoms with Crippen molar-refractivity contribution in [3.05, 3.63) is 34.6 Å². The van der Waals surface area contributed by atoms with Crippen LogP contribution in [-0.2, 0) is 11.2 Å². The molecule has 0 aliphatic heterocycles. The van der Waals surface area contributed by atoms with Gasteiger partial charge in [-0.05, 0) is 43.0 Å². The Morgan fingerprint density at radius 1 is 1.47 bits per heavy atom. The normalized spacial score (nSPS) is 12.5. The molecule has 15 heavy (non-hydrogen) atoms. The van der Waals surface area contributed by atoms with Gasteiger partial charge in [0.2, 0.25) is 0 Å². The summed E-state index contributed by atoms with van der Waals surface area (Å²) in [5, 5.41) is 8.80. The molecule has 3 heteroatoms. The smallest absolute Gasteiger partial charge is 0.306 e. The summed E-state index contributed by atoms with van der Waals surface area (Å²) in [6.45, 7) is 5.19. The van der Waals surface area contributed by atoms with Crippen LogP contribution in [0.4, 0.5) is 4.39 Å². The minimum absolute atomic E-state index is 0.270. The maximum absolute atomic E-state index is 13.3. The van der Waals surface area contributed by atoms with Crippen LogP contribution in [0.15, 0.2) is 12.1 Å². The summed E-state index contributed by atoms with van der Waals surface area (Å²) in [5.41, 5.74) is 2.31. The van der Waals surface area contributed by atoms with Crippen molar-refractivity contribution in [3.63, 3.8) is 0 Å². The lowest BCUT2D eigenvalue weighted by atomic mass is 9.93. The Labute approximate surface area is 88.7 Å². The average Bonchev–Trinajstić information content (AvgIpc) is 2.18. The van der Waals surface area contributed by atoms with E-state index in [0.29, 0.717) is 12.0 Å². The van der Waals surface area contributed by atoms with Crippen LogP contribution in [0.5, 0.6) is 0 Å². The van der Waals surface area contributed by atoms with Gasteiger partial charge in [0.25, 0.3) is 0 Å².